The number of ether oxygens (including phenoxy) is 2. The van der Waals surface area contributed by atoms with Gasteiger partial charge in [0.15, 0.2) is 11.2 Å². The van der Waals surface area contributed by atoms with E-state index in [1.165, 1.54) is 6.33 Å². The third kappa shape index (κ3) is 5.29. The molecule has 194 valence electrons. The molecule has 2 aliphatic rings. The smallest absolute Gasteiger partial charge is 0.245 e. The van der Waals surface area contributed by atoms with Gasteiger partial charge in [-0.2, -0.15) is 4.98 Å². The Bertz CT molecular complexity index is 1440. The number of aliphatic hydroxyl groups excluding tert-OH is 1. The van der Waals surface area contributed by atoms with E-state index in [1.807, 2.05) is 35.9 Å². The zero-order valence-corrected chi connectivity index (χ0v) is 22.4. The number of nitrogens with zero attached hydrogens (tertiary/aromatic N) is 6. The first-order valence-electron chi connectivity index (χ1n) is 12.5. The number of fused-ring (bicyclic) bond motifs is 1. The van der Waals surface area contributed by atoms with Crippen LogP contribution in [0.1, 0.15) is 36.1 Å². The van der Waals surface area contributed by atoms with Gasteiger partial charge in [-0.25, -0.2) is 15.0 Å². The van der Waals surface area contributed by atoms with Crippen molar-refractivity contribution in [2.24, 2.45) is 0 Å². The second-order valence-electron chi connectivity index (χ2n) is 10.0. The summed E-state index contributed by atoms with van der Waals surface area (Å²) in [6, 6.07) is 5.66. The van der Waals surface area contributed by atoms with Crippen LogP contribution in [0.15, 0.2) is 30.7 Å². The maximum absolute atomic E-state index is 9.71. The first-order chi connectivity index (χ1) is 17.9. The van der Waals surface area contributed by atoms with Crippen molar-refractivity contribution in [1.82, 2.24) is 29.4 Å². The van der Waals surface area contributed by atoms with Crippen molar-refractivity contribution in [1.29, 1.82) is 0 Å². The van der Waals surface area contributed by atoms with Crippen LogP contribution in [0.4, 0.5) is 0 Å². The highest BCUT2D eigenvalue weighted by Gasteiger charge is 2.41. The Labute approximate surface area is 224 Å². The normalized spacial score (nSPS) is 19.0. The molecule has 0 radical (unpaired) electrons. The monoisotopic (exact) mass is 540 g/mol. The summed E-state index contributed by atoms with van der Waals surface area (Å²) >= 11 is 8.44. The van der Waals surface area contributed by atoms with Crippen LogP contribution in [0.2, 0.25) is 5.02 Å². The van der Waals surface area contributed by atoms with E-state index < -0.39 is 0 Å². The minimum atomic E-state index is -0.232. The molecule has 3 aromatic heterocycles. The molecule has 6 rings (SSSR count). The second kappa shape index (κ2) is 9.83. The van der Waals surface area contributed by atoms with Gasteiger partial charge in [-0.1, -0.05) is 11.6 Å². The molecule has 1 aliphatic heterocycles. The molecule has 9 nitrogen and oxygen atoms in total. The number of rotatable bonds is 9. The highest BCUT2D eigenvalue weighted by molar-refractivity contribution is 7.11. The van der Waals surface area contributed by atoms with Crippen LogP contribution < -0.4 is 9.47 Å². The first-order valence-corrected chi connectivity index (χ1v) is 13.7. The van der Waals surface area contributed by atoms with Gasteiger partial charge in [0.2, 0.25) is 5.88 Å². The summed E-state index contributed by atoms with van der Waals surface area (Å²) in [5.41, 5.74) is 1.87. The summed E-state index contributed by atoms with van der Waals surface area (Å²) in [4.78, 5) is 21.8. The average Bonchev–Trinajstić information content (AvgIpc) is 3.16. The van der Waals surface area contributed by atoms with Crippen LogP contribution in [0.25, 0.3) is 22.6 Å². The molecule has 11 heteroatoms. The number of thiazole rings is 1. The predicted molar refractivity (Wildman–Crippen MR) is 143 cm³/mol. The lowest BCUT2D eigenvalue weighted by atomic mass is 10.2. The summed E-state index contributed by atoms with van der Waals surface area (Å²) in [5.74, 6) is 1.86. The maximum Gasteiger partial charge on any atom is 0.245 e. The lowest BCUT2D eigenvalue weighted by Crippen LogP contribution is -2.27. The third-order valence-corrected chi connectivity index (χ3v) is 8.07. The molecule has 37 heavy (non-hydrogen) atoms. The van der Waals surface area contributed by atoms with Gasteiger partial charge < -0.3 is 19.1 Å². The molecule has 1 aromatic carbocycles. The number of halogens is 1. The summed E-state index contributed by atoms with van der Waals surface area (Å²) in [6.07, 6.45) is 5.98. The summed E-state index contributed by atoms with van der Waals surface area (Å²) in [5, 5.41) is 11.2. The molecule has 1 aliphatic carbocycles. The molecule has 4 aromatic rings. The van der Waals surface area contributed by atoms with E-state index in [0.717, 1.165) is 47.8 Å². The molecule has 1 saturated heterocycles. The van der Waals surface area contributed by atoms with Gasteiger partial charge in [0.1, 0.15) is 35.1 Å². The number of imidazole rings is 1. The Kier molecular flexibility index (Phi) is 6.52. The number of aryl methyl sites for hydroxylation is 1. The van der Waals surface area contributed by atoms with E-state index in [-0.39, 0.29) is 11.7 Å². The van der Waals surface area contributed by atoms with E-state index in [0.29, 0.717) is 53.3 Å². The van der Waals surface area contributed by atoms with Crippen LogP contribution >= 0.6 is 22.9 Å². The largest absolute Gasteiger partial charge is 0.492 e. The van der Waals surface area contributed by atoms with Gasteiger partial charge in [0.05, 0.1) is 17.7 Å². The van der Waals surface area contributed by atoms with Crippen molar-refractivity contribution in [2.75, 3.05) is 26.2 Å². The topological polar surface area (TPSA) is 98.4 Å². The average molecular weight is 541 g/mol. The Hall–Kier alpha value is -2.79. The van der Waals surface area contributed by atoms with Crippen molar-refractivity contribution in [2.45, 2.75) is 51.4 Å². The molecule has 1 N–H and O–H groups in total. The van der Waals surface area contributed by atoms with Gasteiger partial charge in [0, 0.05) is 36.3 Å². The number of hydrogen-bond acceptors (Lipinski definition) is 9. The molecule has 0 spiro atoms. The predicted octanol–water partition coefficient (Wildman–Crippen LogP) is 4.34. The zero-order chi connectivity index (χ0) is 25.6. The second-order valence-corrected chi connectivity index (χ2v) is 11.7. The van der Waals surface area contributed by atoms with Gasteiger partial charge in [0.25, 0.3) is 0 Å². The quantitative estimate of drug-likeness (QED) is 0.335. The number of hydrogen-bond donors (Lipinski definition) is 1. The Morgan fingerprint density at radius 3 is 2.81 bits per heavy atom. The van der Waals surface area contributed by atoms with Crippen molar-refractivity contribution in [3.63, 3.8) is 0 Å². The maximum atomic E-state index is 9.71. The number of benzene rings is 1. The lowest BCUT2D eigenvalue weighted by molar-refractivity contribution is 0.167. The number of aromatic nitrogens is 5. The lowest BCUT2D eigenvalue weighted by Gasteiger charge is -2.15. The van der Waals surface area contributed by atoms with Crippen LogP contribution in [0.5, 0.6) is 11.6 Å². The first kappa shape index (κ1) is 24.5. The Morgan fingerprint density at radius 2 is 2.11 bits per heavy atom. The molecule has 0 bridgehead atoms. The van der Waals surface area contributed by atoms with Gasteiger partial charge >= 0.3 is 0 Å². The standard InChI is InChI=1S/C26H29ClN6O3S/c1-16-12-28-21(37-16)14-33-23(31-22-24(33)29-15-30-25(22)36-26(2)6-7-26)19-4-3-18(11-20(19)27)35-10-9-32-8-5-17(34)13-32/h3-4,11-12,15,17,34H,5-10,13-14H2,1-2H3/t17-/m1/s1. The molecular formula is C26H29ClN6O3S. The molecular weight excluding hydrogens is 512 g/mol. The van der Waals surface area contributed by atoms with E-state index in [1.54, 1.807) is 11.3 Å². The van der Waals surface area contributed by atoms with Crippen LogP contribution in [0, 0.1) is 6.92 Å². The molecule has 1 saturated carbocycles. The highest BCUT2D eigenvalue weighted by Crippen LogP contribution is 2.41. The van der Waals surface area contributed by atoms with Crippen molar-refractivity contribution in [3.8, 4) is 23.0 Å². The molecule has 4 heterocycles. The molecule has 0 unspecified atom stereocenters. The van der Waals surface area contributed by atoms with Crippen LogP contribution in [-0.4, -0.2) is 72.5 Å². The molecule has 2 fully saturated rings. The summed E-state index contributed by atoms with van der Waals surface area (Å²) < 4.78 is 14.2. The minimum Gasteiger partial charge on any atom is -0.492 e. The van der Waals surface area contributed by atoms with E-state index >= 15 is 0 Å². The SMILES string of the molecule is Cc1cnc(Cn2c(-c3ccc(OCCN4CC[C@@H](O)C4)cc3Cl)nc3c(OC4(C)CC4)ncnc32)s1. The van der Waals surface area contributed by atoms with Crippen molar-refractivity contribution in [3.05, 3.63) is 45.6 Å². The van der Waals surface area contributed by atoms with Crippen LogP contribution in [0.3, 0.4) is 0 Å². The fourth-order valence-electron chi connectivity index (χ4n) is 4.54. The number of β-amino-alcohol motifs (C(OH)–C–C–N with tert-alkyl or cyclic N) is 1. The van der Waals surface area contributed by atoms with E-state index in [9.17, 15) is 5.11 Å². The Morgan fingerprint density at radius 1 is 1.24 bits per heavy atom. The number of aliphatic hydroxyl groups is 1. The third-order valence-electron chi connectivity index (χ3n) is 6.86. The molecule has 0 amide bonds. The highest BCUT2D eigenvalue weighted by atomic mass is 35.5. The molecule has 1 atom stereocenters. The number of likely N-dealkylation sites (tertiary alicyclic amines) is 1. The fraction of sp³-hybridized carbons (Fsp3) is 0.462. The minimum absolute atomic E-state index is 0.193. The fourth-order valence-corrected chi connectivity index (χ4v) is 5.57. The summed E-state index contributed by atoms with van der Waals surface area (Å²) in [6.45, 7) is 7.52. The van der Waals surface area contributed by atoms with Crippen LogP contribution in [-0.2, 0) is 6.54 Å². The van der Waals surface area contributed by atoms with E-state index in [2.05, 4.69) is 26.8 Å². The van der Waals surface area contributed by atoms with Gasteiger partial charge in [-0.15, -0.1) is 11.3 Å². The van der Waals surface area contributed by atoms with Crippen molar-refractivity contribution < 1.29 is 14.6 Å². The summed E-state index contributed by atoms with van der Waals surface area (Å²) in [7, 11) is 0. The Balaban J connectivity index is 1.31. The van der Waals surface area contributed by atoms with Crippen molar-refractivity contribution >= 4 is 34.1 Å². The van der Waals surface area contributed by atoms with Gasteiger partial charge in [-0.05, 0) is 51.3 Å². The van der Waals surface area contributed by atoms with Gasteiger partial charge in [-0.3, -0.25) is 4.90 Å². The van der Waals surface area contributed by atoms with E-state index in [4.69, 9.17) is 26.1 Å². The zero-order valence-electron chi connectivity index (χ0n) is 20.9.